The minimum absolute atomic E-state index is 0.0278. The number of aromatic nitrogens is 3. The molecular weight excluding hydrogens is 296 g/mol. The second-order valence-electron chi connectivity index (χ2n) is 5.16. The summed E-state index contributed by atoms with van der Waals surface area (Å²) in [7, 11) is 0. The quantitative estimate of drug-likeness (QED) is 0.736. The number of nitrogens with zero attached hydrogens (tertiary/aromatic N) is 3. The Morgan fingerprint density at radius 3 is 2.95 bits per heavy atom. The van der Waals surface area contributed by atoms with Gasteiger partial charge in [-0.2, -0.15) is 0 Å². The zero-order valence-corrected chi connectivity index (χ0v) is 13.5. The molecule has 0 aliphatic heterocycles. The predicted molar refractivity (Wildman–Crippen MR) is 89.3 cm³/mol. The minimum Gasteiger partial charge on any atom is -0.355 e. The normalized spacial score (nSPS) is 11.2. The molecule has 0 saturated carbocycles. The van der Waals surface area contributed by atoms with Crippen LogP contribution in [0.2, 0.25) is 0 Å². The second-order valence-corrected chi connectivity index (χ2v) is 6.10. The first-order valence-electron chi connectivity index (χ1n) is 7.33. The van der Waals surface area contributed by atoms with Crippen LogP contribution in [0, 0.1) is 6.92 Å². The molecule has 5 nitrogen and oxygen atoms in total. The van der Waals surface area contributed by atoms with Crippen LogP contribution in [0.1, 0.15) is 18.9 Å². The number of hydrogen-bond donors (Lipinski definition) is 1. The molecule has 3 rings (SSSR count). The lowest BCUT2D eigenvalue weighted by Crippen LogP contribution is -2.25. The van der Waals surface area contributed by atoms with Crippen LogP contribution >= 0.6 is 11.8 Å². The Morgan fingerprint density at radius 2 is 2.14 bits per heavy atom. The maximum Gasteiger partial charge on any atom is 0.230 e. The number of aryl methyl sites for hydroxylation is 1. The molecule has 22 heavy (non-hydrogen) atoms. The van der Waals surface area contributed by atoms with Crippen molar-refractivity contribution in [1.29, 1.82) is 0 Å². The van der Waals surface area contributed by atoms with Gasteiger partial charge in [0.05, 0.1) is 11.3 Å². The lowest BCUT2D eigenvalue weighted by Gasteiger charge is -2.07. The average molecular weight is 314 g/mol. The van der Waals surface area contributed by atoms with Gasteiger partial charge in [-0.15, -0.1) is 10.2 Å². The van der Waals surface area contributed by atoms with Crippen LogP contribution in [0.5, 0.6) is 0 Å². The van der Waals surface area contributed by atoms with Crippen molar-refractivity contribution < 1.29 is 4.79 Å². The summed E-state index contributed by atoms with van der Waals surface area (Å²) in [6.07, 6.45) is 0.939. The van der Waals surface area contributed by atoms with E-state index >= 15 is 0 Å². The molecule has 1 N–H and O–H groups in total. The van der Waals surface area contributed by atoms with E-state index in [1.807, 2.05) is 29.5 Å². The van der Waals surface area contributed by atoms with E-state index in [2.05, 4.69) is 34.6 Å². The van der Waals surface area contributed by atoms with Crippen LogP contribution < -0.4 is 5.32 Å². The summed E-state index contributed by atoms with van der Waals surface area (Å²) in [6.45, 7) is 4.82. The highest BCUT2D eigenvalue weighted by Gasteiger charge is 2.12. The maximum absolute atomic E-state index is 11.8. The van der Waals surface area contributed by atoms with Crippen LogP contribution in [0.3, 0.4) is 0 Å². The molecule has 3 aromatic rings. The highest BCUT2D eigenvalue weighted by molar-refractivity contribution is 7.99. The third-order valence-electron chi connectivity index (χ3n) is 3.48. The predicted octanol–water partition coefficient (Wildman–Crippen LogP) is 2.81. The zero-order chi connectivity index (χ0) is 15.5. The smallest absolute Gasteiger partial charge is 0.230 e. The van der Waals surface area contributed by atoms with Crippen molar-refractivity contribution >= 4 is 34.2 Å². The number of para-hydroxylation sites is 1. The number of carbonyl (C=O) groups excluding carboxylic acids is 1. The largest absolute Gasteiger partial charge is 0.355 e. The van der Waals surface area contributed by atoms with Gasteiger partial charge in [0, 0.05) is 11.9 Å². The highest BCUT2D eigenvalue weighted by atomic mass is 32.2. The first kappa shape index (κ1) is 14.8. The van der Waals surface area contributed by atoms with Gasteiger partial charge < -0.3 is 5.32 Å². The maximum atomic E-state index is 11.8. The summed E-state index contributed by atoms with van der Waals surface area (Å²) in [6, 6.07) is 10.2. The fourth-order valence-corrected chi connectivity index (χ4v) is 3.20. The molecule has 2 heterocycles. The Balaban J connectivity index is 1.94. The Labute approximate surface area is 133 Å². The van der Waals surface area contributed by atoms with Gasteiger partial charge in [-0.25, -0.2) is 0 Å². The van der Waals surface area contributed by atoms with E-state index in [-0.39, 0.29) is 5.91 Å². The molecule has 0 saturated heterocycles. The third-order valence-corrected chi connectivity index (χ3v) is 4.41. The molecule has 0 aliphatic carbocycles. The number of fused-ring (bicyclic) bond motifs is 3. The Morgan fingerprint density at radius 1 is 1.32 bits per heavy atom. The number of benzene rings is 1. The molecule has 0 aliphatic rings. The number of amides is 1. The Bertz CT molecular complexity index is 827. The van der Waals surface area contributed by atoms with E-state index in [0.29, 0.717) is 12.3 Å². The van der Waals surface area contributed by atoms with E-state index in [1.54, 1.807) is 0 Å². The lowest BCUT2D eigenvalue weighted by molar-refractivity contribution is -0.118. The Hall–Kier alpha value is -2.08. The molecule has 0 fully saturated rings. The van der Waals surface area contributed by atoms with Crippen LogP contribution in [-0.4, -0.2) is 32.8 Å². The highest BCUT2D eigenvalue weighted by Crippen LogP contribution is 2.25. The van der Waals surface area contributed by atoms with E-state index in [0.717, 1.165) is 22.7 Å². The van der Waals surface area contributed by atoms with Crippen LogP contribution in [0.15, 0.2) is 35.5 Å². The number of nitrogens with one attached hydrogen (secondary N) is 1. The van der Waals surface area contributed by atoms with Gasteiger partial charge in [0.15, 0.2) is 10.8 Å². The Kier molecular flexibility index (Phi) is 4.29. The standard InChI is InChI=1S/C16H18N4OS/c1-3-8-17-15(21)10-22-16-19-18-14-9-11(2)12-6-4-5-7-13(12)20(14)16/h4-7,9H,3,8,10H2,1-2H3,(H,17,21). The van der Waals surface area contributed by atoms with Crippen molar-refractivity contribution in [1.82, 2.24) is 19.9 Å². The van der Waals surface area contributed by atoms with Gasteiger partial charge >= 0.3 is 0 Å². The van der Waals surface area contributed by atoms with E-state index < -0.39 is 0 Å². The number of hydrogen-bond acceptors (Lipinski definition) is 4. The van der Waals surface area contributed by atoms with Gasteiger partial charge in [0.2, 0.25) is 5.91 Å². The first-order chi connectivity index (χ1) is 10.7. The molecule has 0 atom stereocenters. The average Bonchev–Trinajstić information content (AvgIpc) is 2.94. The van der Waals surface area contributed by atoms with E-state index in [4.69, 9.17) is 0 Å². The molecule has 1 amide bonds. The molecule has 0 bridgehead atoms. The van der Waals surface area contributed by atoms with Crippen LogP contribution in [-0.2, 0) is 4.79 Å². The van der Waals surface area contributed by atoms with Crippen LogP contribution in [0.25, 0.3) is 16.6 Å². The molecule has 114 valence electrons. The summed E-state index contributed by atoms with van der Waals surface area (Å²) < 4.78 is 2.01. The van der Waals surface area contributed by atoms with Crippen molar-refractivity contribution in [2.75, 3.05) is 12.3 Å². The molecule has 6 heteroatoms. The number of pyridine rings is 1. The number of carbonyl (C=O) groups is 1. The van der Waals surface area contributed by atoms with Crippen molar-refractivity contribution in [2.24, 2.45) is 0 Å². The SMILES string of the molecule is CCCNC(=O)CSc1nnc2cc(C)c3ccccc3n12. The lowest BCUT2D eigenvalue weighted by atomic mass is 10.1. The minimum atomic E-state index is 0.0278. The molecule has 2 aromatic heterocycles. The molecule has 0 unspecified atom stereocenters. The summed E-state index contributed by atoms with van der Waals surface area (Å²) in [4.78, 5) is 11.8. The summed E-state index contributed by atoms with van der Waals surface area (Å²) in [5.41, 5.74) is 3.05. The van der Waals surface area contributed by atoms with Crippen molar-refractivity contribution in [2.45, 2.75) is 25.4 Å². The fraction of sp³-hybridized carbons (Fsp3) is 0.312. The fourth-order valence-electron chi connectivity index (χ4n) is 2.41. The van der Waals surface area contributed by atoms with Gasteiger partial charge in [-0.3, -0.25) is 9.20 Å². The van der Waals surface area contributed by atoms with Crippen molar-refractivity contribution in [3.05, 3.63) is 35.9 Å². The first-order valence-corrected chi connectivity index (χ1v) is 8.32. The summed E-state index contributed by atoms with van der Waals surface area (Å²) in [5, 5.41) is 13.3. The van der Waals surface area contributed by atoms with Crippen molar-refractivity contribution in [3.8, 4) is 0 Å². The van der Waals surface area contributed by atoms with Gasteiger partial charge in [-0.05, 0) is 31.0 Å². The number of rotatable bonds is 5. The van der Waals surface area contributed by atoms with E-state index in [9.17, 15) is 4.79 Å². The van der Waals surface area contributed by atoms with Gasteiger partial charge in [0.25, 0.3) is 0 Å². The summed E-state index contributed by atoms with van der Waals surface area (Å²) in [5.74, 6) is 0.378. The molecule has 0 radical (unpaired) electrons. The molecule has 1 aromatic carbocycles. The summed E-state index contributed by atoms with van der Waals surface area (Å²) >= 11 is 1.41. The van der Waals surface area contributed by atoms with Gasteiger partial charge in [0.1, 0.15) is 0 Å². The molecule has 0 spiro atoms. The van der Waals surface area contributed by atoms with Gasteiger partial charge in [-0.1, -0.05) is 36.9 Å². The number of thioether (sulfide) groups is 1. The third kappa shape index (κ3) is 2.78. The van der Waals surface area contributed by atoms with Crippen LogP contribution in [0.4, 0.5) is 0 Å². The monoisotopic (exact) mass is 314 g/mol. The molecular formula is C16H18N4OS. The van der Waals surface area contributed by atoms with E-state index in [1.165, 1.54) is 22.7 Å². The zero-order valence-electron chi connectivity index (χ0n) is 12.7. The van der Waals surface area contributed by atoms with Crippen molar-refractivity contribution in [3.63, 3.8) is 0 Å². The topological polar surface area (TPSA) is 59.3 Å². The second kappa shape index (κ2) is 6.36.